The molecule has 5 aliphatic heterocycles. The number of fused-ring (bicyclic) bond motifs is 5. The summed E-state index contributed by atoms with van der Waals surface area (Å²) in [6, 6.07) is 21.5. The number of nitrogens with zero attached hydrogens (tertiary/aromatic N) is 4. The van der Waals surface area contributed by atoms with E-state index < -0.39 is 12.1 Å². The molecule has 3 aromatic carbocycles. The topological polar surface area (TPSA) is 90.6 Å². The number of nitrogens with one attached hydrogen (secondary N) is 1. The molecular formula is C40H45N5O5. The first-order chi connectivity index (χ1) is 24.6. The SMILES string of the molecule is O=C1[C@H]2Cc3c([nH]c4ccccc34)[C@@H](c3ccc4c(c3)OCO4)N2C(=O)CN1[C@@H]1CCN(Cc2ccc(OCCCN3CCCCC3)cc2)C1. The van der Waals surface area contributed by atoms with Crippen molar-refractivity contribution in [3.05, 3.63) is 89.1 Å². The van der Waals surface area contributed by atoms with Gasteiger partial charge in [0, 0.05) is 55.2 Å². The van der Waals surface area contributed by atoms with Crippen LogP contribution in [0.3, 0.4) is 0 Å². The molecule has 260 valence electrons. The monoisotopic (exact) mass is 675 g/mol. The van der Waals surface area contributed by atoms with Crippen LogP contribution >= 0.6 is 0 Å². The molecule has 1 N–H and O–H groups in total. The molecule has 3 fully saturated rings. The Bertz CT molecular complexity index is 1880. The first-order valence-electron chi connectivity index (χ1n) is 18.4. The van der Waals surface area contributed by atoms with Gasteiger partial charge in [0.05, 0.1) is 12.6 Å². The highest BCUT2D eigenvalue weighted by atomic mass is 16.7. The van der Waals surface area contributed by atoms with Crippen LogP contribution in [-0.2, 0) is 22.6 Å². The number of carbonyl (C=O) groups is 2. The highest BCUT2D eigenvalue weighted by Gasteiger charge is 2.50. The van der Waals surface area contributed by atoms with Crippen molar-refractivity contribution in [2.24, 2.45) is 0 Å². The summed E-state index contributed by atoms with van der Waals surface area (Å²) in [7, 11) is 0. The van der Waals surface area contributed by atoms with Crippen LogP contribution in [0, 0.1) is 0 Å². The lowest BCUT2D eigenvalue weighted by Gasteiger charge is -2.48. The second-order valence-corrected chi connectivity index (χ2v) is 14.5. The largest absolute Gasteiger partial charge is 0.494 e. The number of likely N-dealkylation sites (tertiary alicyclic amines) is 2. The molecular weight excluding hydrogens is 630 g/mol. The molecule has 3 atom stereocenters. The van der Waals surface area contributed by atoms with Gasteiger partial charge in [0.2, 0.25) is 18.6 Å². The number of para-hydroxylation sites is 1. The van der Waals surface area contributed by atoms with E-state index in [1.807, 2.05) is 40.1 Å². The van der Waals surface area contributed by atoms with Crippen LogP contribution < -0.4 is 14.2 Å². The van der Waals surface area contributed by atoms with Gasteiger partial charge in [-0.25, -0.2) is 0 Å². The zero-order chi connectivity index (χ0) is 33.6. The van der Waals surface area contributed by atoms with E-state index >= 15 is 0 Å². The summed E-state index contributed by atoms with van der Waals surface area (Å²) < 4.78 is 17.3. The number of hydrogen-bond acceptors (Lipinski definition) is 7. The quantitative estimate of drug-likeness (QED) is 0.247. The number of H-pyrrole nitrogens is 1. The Labute approximate surface area is 292 Å². The average molecular weight is 676 g/mol. The molecule has 6 heterocycles. The minimum Gasteiger partial charge on any atom is -0.494 e. The van der Waals surface area contributed by atoms with Crippen LogP contribution in [0.4, 0.5) is 0 Å². The molecule has 0 radical (unpaired) electrons. The third-order valence-electron chi connectivity index (χ3n) is 11.4. The Morgan fingerprint density at radius 2 is 1.72 bits per heavy atom. The molecule has 0 spiro atoms. The van der Waals surface area contributed by atoms with E-state index in [9.17, 15) is 9.59 Å². The zero-order valence-electron chi connectivity index (χ0n) is 28.5. The molecule has 9 rings (SSSR count). The number of carbonyl (C=O) groups excluding carboxylic acids is 2. The molecule has 4 aromatic rings. The second kappa shape index (κ2) is 13.3. The maximum atomic E-state index is 14.5. The van der Waals surface area contributed by atoms with E-state index in [0.29, 0.717) is 17.9 Å². The summed E-state index contributed by atoms with van der Waals surface area (Å²) in [5.74, 6) is 2.29. The van der Waals surface area contributed by atoms with E-state index in [2.05, 4.69) is 51.2 Å². The van der Waals surface area contributed by atoms with Gasteiger partial charge in [-0.2, -0.15) is 0 Å². The first kappa shape index (κ1) is 31.4. The lowest BCUT2D eigenvalue weighted by molar-refractivity contribution is -0.160. The van der Waals surface area contributed by atoms with Crippen molar-refractivity contribution in [3.63, 3.8) is 0 Å². The van der Waals surface area contributed by atoms with Crippen LogP contribution in [0.5, 0.6) is 17.2 Å². The lowest BCUT2D eigenvalue weighted by atomic mass is 9.85. The number of ether oxygens (including phenoxy) is 3. The van der Waals surface area contributed by atoms with Crippen LogP contribution in [0.1, 0.15) is 60.5 Å². The highest BCUT2D eigenvalue weighted by Crippen LogP contribution is 2.45. The predicted octanol–water partition coefficient (Wildman–Crippen LogP) is 5.11. The molecule has 0 saturated carbocycles. The molecule has 0 unspecified atom stereocenters. The molecule has 2 amide bonds. The van der Waals surface area contributed by atoms with E-state index in [-0.39, 0.29) is 31.2 Å². The molecule has 10 nitrogen and oxygen atoms in total. The van der Waals surface area contributed by atoms with Gasteiger partial charge in [0.1, 0.15) is 18.3 Å². The molecule has 0 aliphatic carbocycles. The van der Waals surface area contributed by atoms with Crippen LogP contribution in [0.25, 0.3) is 10.9 Å². The summed E-state index contributed by atoms with van der Waals surface area (Å²) in [4.78, 5) is 40.9. The molecule has 0 bridgehead atoms. The molecule has 1 aromatic heterocycles. The molecule has 3 saturated heterocycles. The Morgan fingerprint density at radius 1 is 0.880 bits per heavy atom. The fraction of sp³-hybridized carbons (Fsp3) is 0.450. The zero-order valence-corrected chi connectivity index (χ0v) is 28.5. The fourth-order valence-corrected chi connectivity index (χ4v) is 8.85. The van der Waals surface area contributed by atoms with E-state index in [0.717, 1.165) is 79.1 Å². The number of piperidine rings is 1. The smallest absolute Gasteiger partial charge is 0.246 e. The summed E-state index contributed by atoms with van der Waals surface area (Å²) in [5.41, 5.74) is 5.22. The lowest BCUT2D eigenvalue weighted by Crippen LogP contribution is -2.65. The van der Waals surface area contributed by atoms with Crippen molar-refractivity contribution in [2.45, 2.75) is 63.2 Å². The summed E-state index contributed by atoms with van der Waals surface area (Å²) in [5, 5.41) is 1.10. The third-order valence-corrected chi connectivity index (χ3v) is 11.4. The predicted molar refractivity (Wildman–Crippen MR) is 189 cm³/mol. The van der Waals surface area contributed by atoms with Gasteiger partial charge >= 0.3 is 0 Å². The number of hydrogen-bond donors (Lipinski definition) is 1. The van der Waals surface area contributed by atoms with Gasteiger partial charge in [-0.3, -0.25) is 14.5 Å². The van der Waals surface area contributed by atoms with Crippen molar-refractivity contribution in [3.8, 4) is 17.2 Å². The Morgan fingerprint density at radius 3 is 2.60 bits per heavy atom. The number of aromatic nitrogens is 1. The number of benzene rings is 3. The summed E-state index contributed by atoms with van der Waals surface area (Å²) >= 11 is 0. The minimum absolute atomic E-state index is 0.00414. The fourth-order valence-electron chi connectivity index (χ4n) is 8.85. The average Bonchev–Trinajstić information content (AvgIpc) is 3.90. The van der Waals surface area contributed by atoms with Crippen molar-refractivity contribution in [2.75, 3.05) is 52.7 Å². The van der Waals surface area contributed by atoms with Crippen molar-refractivity contribution in [1.29, 1.82) is 0 Å². The number of rotatable bonds is 9. The third kappa shape index (κ3) is 5.88. The van der Waals surface area contributed by atoms with E-state index in [1.54, 1.807) is 0 Å². The van der Waals surface area contributed by atoms with Crippen LogP contribution in [0.15, 0.2) is 66.7 Å². The van der Waals surface area contributed by atoms with Crippen molar-refractivity contribution in [1.82, 2.24) is 24.6 Å². The molecule has 50 heavy (non-hydrogen) atoms. The van der Waals surface area contributed by atoms with Gasteiger partial charge in [-0.1, -0.05) is 42.8 Å². The van der Waals surface area contributed by atoms with E-state index in [4.69, 9.17) is 14.2 Å². The highest BCUT2D eigenvalue weighted by molar-refractivity contribution is 5.98. The van der Waals surface area contributed by atoms with Gasteiger partial charge in [0.25, 0.3) is 0 Å². The Hall–Kier alpha value is -4.54. The first-order valence-corrected chi connectivity index (χ1v) is 18.4. The van der Waals surface area contributed by atoms with Crippen molar-refractivity contribution < 1.29 is 23.8 Å². The van der Waals surface area contributed by atoms with Crippen molar-refractivity contribution >= 4 is 22.7 Å². The Kier molecular flexibility index (Phi) is 8.36. The standard InChI is InChI=1S/C40H45N5O5/c46-37-25-44(29-15-19-43(24-29)23-27-9-12-30(13-10-27)48-20-6-18-42-16-4-1-5-17-42)40(47)34-22-32-31-7-2-3-8-33(31)41-38(32)39(45(34)37)28-11-14-35-36(21-28)50-26-49-35/h2-3,7-14,21,29,34,39,41H,1,4-6,15-20,22-26H2/t29-,34-,39-/m1/s1. The molecule has 5 aliphatic rings. The normalized spacial score (nSPS) is 23.8. The maximum Gasteiger partial charge on any atom is 0.246 e. The summed E-state index contributed by atoms with van der Waals surface area (Å²) in [6.07, 6.45) is 6.40. The minimum atomic E-state index is -0.570. The second-order valence-electron chi connectivity index (χ2n) is 14.5. The van der Waals surface area contributed by atoms with Crippen LogP contribution in [-0.4, -0.2) is 101 Å². The number of amides is 2. The van der Waals surface area contributed by atoms with E-state index in [1.165, 1.54) is 37.9 Å². The van der Waals surface area contributed by atoms with Crippen LogP contribution in [0.2, 0.25) is 0 Å². The Balaban J connectivity index is 0.875. The van der Waals surface area contributed by atoms with Gasteiger partial charge in [0.15, 0.2) is 11.5 Å². The maximum absolute atomic E-state index is 14.5. The van der Waals surface area contributed by atoms with Gasteiger partial charge in [-0.05, 0) is 85.8 Å². The van der Waals surface area contributed by atoms with Gasteiger partial charge < -0.3 is 33.9 Å². The number of piperazine rings is 1. The van der Waals surface area contributed by atoms with Gasteiger partial charge in [-0.15, -0.1) is 0 Å². The number of aromatic amines is 1. The summed E-state index contributed by atoms with van der Waals surface area (Å²) in [6.45, 7) is 7.02. The molecule has 10 heteroatoms.